The zero-order valence-electron chi connectivity index (χ0n) is 19.1. The molecule has 1 unspecified atom stereocenters. The predicted molar refractivity (Wildman–Crippen MR) is 148 cm³/mol. The molecule has 4 aromatic carbocycles. The summed E-state index contributed by atoms with van der Waals surface area (Å²) in [6.45, 7) is 0. The fourth-order valence-corrected chi connectivity index (χ4v) is 5.40. The van der Waals surface area contributed by atoms with Gasteiger partial charge >= 0.3 is 5.97 Å². The minimum Gasteiger partial charge on any atom is -0.478 e. The van der Waals surface area contributed by atoms with Crippen LogP contribution in [0.15, 0.2) is 102 Å². The first-order valence-electron chi connectivity index (χ1n) is 11.4. The molecule has 1 atom stereocenters. The van der Waals surface area contributed by atoms with Gasteiger partial charge in [-0.05, 0) is 52.9 Å². The molecule has 0 aliphatic heterocycles. The van der Waals surface area contributed by atoms with Crippen LogP contribution in [-0.4, -0.2) is 16.1 Å². The van der Waals surface area contributed by atoms with Crippen LogP contribution in [0.4, 0.5) is 0 Å². The van der Waals surface area contributed by atoms with E-state index in [1.807, 2.05) is 42.5 Å². The molecular weight excluding hydrogens is 509 g/mol. The fraction of sp³-hybridized carbons (Fsp3) is 0.0667. The average Bonchev–Trinajstić information content (AvgIpc) is 3.40. The first-order valence-corrected chi connectivity index (χ1v) is 13.0. The lowest BCUT2D eigenvalue weighted by atomic mass is 9.92. The van der Waals surface area contributed by atoms with Crippen molar-refractivity contribution in [2.45, 2.75) is 12.3 Å². The Bertz CT molecular complexity index is 1500. The summed E-state index contributed by atoms with van der Waals surface area (Å²) in [5, 5.41) is 13.3. The molecule has 3 nitrogen and oxygen atoms in total. The van der Waals surface area contributed by atoms with E-state index in [2.05, 4.69) is 41.8 Å². The van der Waals surface area contributed by atoms with Gasteiger partial charge in [-0.3, -0.25) is 0 Å². The summed E-state index contributed by atoms with van der Waals surface area (Å²) >= 11 is 14.1. The number of hydrogen-bond acceptors (Lipinski definition) is 3. The number of benzene rings is 4. The van der Waals surface area contributed by atoms with Gasteiger partial charge in [-0.25, -0.2) is 9.78 Å². The number of nitrogens with zero attached hydrogens (tertiary/aromatic N) is 1. The summed E-state index contributed by atoms with van der Waals surface area (Å²) in [7, 11) is 0. The molecule has 5 rings (SSSR count). The fourth-order valence-electron chi connectivity index (χ4n) is 4.14. The van der Waals surface area contributed by atoms with E-state index in [0.717, 1.165) is 33.0 Å². The molecule has 5 aromatic rings. The Balaban J connectivity index is 1.46. The van der Waals surface area contributed by atoms with Crippen LogP contribution in [0, 0.1) is 0 Å². The first-order chi connectivity index (χ1) is 17.5. The quantitative estimate of drug-likeness (QED) is 0.229. The molecular formula is C30H21Cl2NO2S. The van der Waals surface area contributed by atoms with Gasteiger partial charge < -0.3 is 5.11 Å². The Morgan fingerprint density at radius 1 is 0.806 bits per heavy atom. The van der Waals surface area contributed by atoms with Crippen molar-refractivity contribution in [3.8, 4) is 22.4 Å². The topological polar surface area (TPSA) is 50.2 Å². The van der Waals surface area contributed by atoms with Crippen LogP contribution >= 0.6 is 34.5 Å². The molecule has 0 amide bonds. The minimum atomic E-state index is -0.939. The van der Waals surface area contributed by atoms with E-state index in [-0.39, 0.29) is 11.5 Å². The van der Waals surface area contributed by atoms with Crippen LogP contribution < -0.4 is 0 Å². The largest absolute Gasteiger partial charge is 0.478 e. The highest BCUT2D eigenvalue weighted by molar-refractivity contribution is 7.10. The number of thiazole rings is 1. The number of hydrogen-bond donors (Lipinski definition) is 1. The lowest BCUT2D eigenvalue weighted by molar-refractivity contribution is 0.0697. The van der Waals surface area contributed by atoms with Gasteiger partial charge in [0.25, 0.3) is 0 Å². The molecule has 0 spiro atoms. The second-order valence-electron chi connectivity index (χ2n) is 8.45. The molecule has 1 heterocycles. The molecule has 0 saturated carbocycles. The molecule has 0 aliphatic carbocycles. The maximum Gasteiger partial charge on any atom is 0.335 e. The molecule has 36 heavy (non-hydrogen) atoms. The number of aromatic carboxylic acids is 1. The van der Waals surface area contributed by atoms with E-state index in [9.17, 15) is 9.90 Å². The van der Waals surface area contributed by atoms with Crippen molar-refractivity contribution in [3.63, 3.8) is 0 Å². The number of carboxylic acids is 1. The maximum absolute atomic E-state index is 11.3. The number of halogens is 2. The van der Waals surface area contributed by atoms with Gasteiger partial charge in [0.1, 0.15) is 5.01 Å². The van der Waals surface area contributed by atoms with Gasteiger partial charge in [0.15, 0.2) is 0 Å². The number of rotatable bonds is 7. The molecule has 0 fully saturated rings. The van der Waals surface area contributed by atoms with Gasteiger partial charge in [0.2, 0.25) is 0 Å². The van der Waals surface area contributed by atoms with Crippen LogP contribution in [-0.2, 0) is 6.42 Å². The van der Waals surface area contributed by atoms with Gasteiger partial charge in [0, 0.05) is 16.9 Å². The van der Waals surface area contributed by atoms with Crippen molar-refractivity contribution in [1.82, 2.24) is 4.98 Å². The molecule has 178 valence electrons. The van der Waals surface area contributed by atoms with Crippen molar-refractivity contribution < 1.29 is 9.90 Å². The Labute approximate surface area is 223 Å². The van der Waals surface area contributed by atoms with Crippen LogP contribution in [0.1, 0.15) is 32.4 Å². The Morgan fingerprint density at radius 2 is 1.47 bits per heavy atom. The molecule has 1 aromatic heterocycles. The summed E-state index contributed by atoms with van der Waals surface area (Å²) < 4.78 is 0. The second-order valence-corrected chi connectivity index (χ2v) is 10.2. The van der Waals surface area contributed by atoms with Gasteiger partial charge in [-0.1, -0.05) is 96.0 Å². The first kappa shape index (κ1) is 24.3. The summed E-state index contributed by atoms with van der Waals surface area (Å²) in [4.78, 5) is 16.3. The normalized spacial score (nSPS) is 11.8. The summed E-state index contributed by atoms with van der Waals surface area (Å²) in [5.41, 5.74) is 6.59. The summed E-state index contributed by atoms with van der Waals surface area (Å²) in [6, 6.07) is 31.3. The second kappa shape index (κ2) is 10.7. The number of carboxylic acid groups (broad SMARTS) is 1. The zero-order valence-corrected chi connectivity index (χ0v) is 21.4. The van der Waals surface area contributed by atoms with Gasteiger partial charge in [0.05, 0.1) is 21.3 Å². The monoisotopic (exact) mass is 529 g/mol. The lowest BCUT2D eigenvalue weighted by Crippen LogP contribution is -2.06. The number of aromatic nitrogens is 1. The highest BCUT2D eigenvalue weighted by Gasteiger charge is 2.21. The Morgan fingerprint density at radius 3 is 2.14 bits per heavy atom. The molecule has 0 radical (unpaired) electrons. The van der Waals surface area contributed by atoms with Crippen LogP contribution in [0.2, 0.25) is 10.0 Å². The third kappa shape index (κ3) is 5.36. The summed E-state index contributed by atoms with van der Waals surface area (Å²) in [6.07, 6.45) is 0.651. The zero-order chi connectivity index (χ0) is 25.1. The average molecular weight is 530 g/mol. The van der Waals surface area contributed by atoms with Crippen molar-refractivity contribution in [3.05, 3.63) is 134 Å². The van der Waals surface area contributed by atoms with Crippen LogP contribution in [0.5, 0.6) is 0 Å². The highest BCUT2D eigenvalue weighted by atomic mass is 35.5. The highest BCUT2D eigenvalue weighted by Crippen LogP contribution is 2.36. The Kier molecular flexibility index (Phi) is 7.19. The Hall–Kier alpha value is -3.44. The van der Waals surface area contributed by atoms with E-state index in [0.29, 0.717) is 16.5 Å². The van der Waals surface area contributed by atoms with E-state index < -0.39 is 5.97 Å². The van der Waals surface area contributed by atoms with Crippen molar-refractivity contribution in [2.75, 3.05) is 0 Å². The smallest absolute Gasteiger partial charge is 0.335 e. The van der Waals surface area contributed by atoms with Gasteiger partial charge in [-0.15, -0.1) is 11.3 Å². The van der Waals surface area contributed by atoms with Gasteiger partial charge in [-0.2, -0.15) is 0 Å². The van der Waals surface area contributed by atoms with Crippen molar-refractivity contribution >= 4 is 40.5 Å². The molecule has 0 bridgehead atoms. The minimum absolute atomic E-state index is 0.0576. The predicted octanol–water partition coefficient (Wildman–Crippen LogP) is 8.86. The third-order valence-corrected chi connectivity index (χ3v) is 7.79. The standard InChI is InChI=1S/C30H21Cl2NO2S/c31-26-15-14-24(17-27(26)32)25(16-19-6-8-23(9-7-19)30(34)35)29-33-28(18-36-29)22-12-10-21(11-13-22)20-4-2-1-3-5-20/h1-15,17-18,25H,16H2,(H,34,35). The summed E-state index contributed by atoms with van der Waals surface area (Å²) in [5.74, 6) is -0.997. The van der Waals surface area contributed by atoms with Crippen molar-refractivity contribution in [1.29, 1.82) is 0 Å². The maximum atomic E-state index is 11.3. The SMILES string of the molecule is O=C(O)c1ccc(CC(c2ccc(Cl)c(Cl)c2)c2nc(-c3ccc(-c4ccccc4)cc3)cs2)cc1. The molecule has 0 saturated heterocycles. The molecule has 1 N–H and O–H groups in total. The van der Waals surface area contributed by atoms with E-state index >= 15 is 0 Å². The van der Waals surface area contributed by atoms with Crippen molar-refractivity contribution in [2.24, 2.45) is 0 Å². The third-order valence-electron chi connectivity index (χ3n) is 6.09. The van der Waals surface area contributed by atoms with Crippen LogP contribution in [0.3, 0.4) is 0 Å². The number of carbonyl (C=O) groups is 1. The molecule has 6 heteroatoms. The van der Waals surface area contributed by atoms with E-state index in [1.165, 1.54) is 5.56 Å². The van der Waals surface area contributed by atoms with Crippen LogP contribution in [0.25, 0.3) is 22.4 Å². The van der Waals surface area contributed by atoms with E-state index in [1.54, 1.807) is 29.5 Å². The van der Waals surface area contributed by atoms with E-state index in [4.69, 9.17) is 28.2 Å². The molecule has 0 aliphatic rings. The lowest BCUT2D eigenvalue weighted by Gasteiger charge is -2.16.